The third kappa shape index (κ3) is 5.93. The van der Waals surface area contributed by atoms with Crippen molar-refractivity contribution < 1.29 is 19.4 Å². The van der Waals surface area contributed by atoms with Crippen LogP contribution in [-0.4, -0.2) is 35.3 Å². The zero-order valence-electron chi connectivity index (χ0n) is 19.5. The van der Waals surface area contributed by atoms with Gasteiger partial charge in [0.05, 0.1) is 13.2 Å². The number of likely N-dealkylation sites (N-methyl/N-ethyl adjacent to an activating group) is 1. The van der Waals surface area contributed by atoms with Gasteiger partial charge < -0.3 is 19.5 Å². The minimum atomic E-state index is -0.400. The lowest BCUT2D eigenvalue weighted by molar-refractivity contribution is -0.161. The average Bonchev–Trinajstić information content (AvgIpc) is 2.87. The number of allylic oxidation sites excluding steroid dienone is 1. The van der Waals surface area contributed by atoms with Crippen LogP contribution in [0.1, 0.15) is 81.8 Å². The predicted octanol–water partition coefficient (Wildman–Crippen LogP) is 5.31. The molecule has 0 spiro atoms. The van der Waals surface area contributed by atoms with Gasteiger partial charge in [0.2, 0.25) is 6.29 Å². The number of hydrogen-bond donors (Lipinski definition) is 1. The first-order chi connectivity index (χ1) is 15.6. The average molecular weight is 442 g/mol. The summed E-state index contributed by atoms with van der Waals surface area (Å²) in [5, 5.41) is 9.24. The Morgan fingerprint density at radius 2 is 1.62 bits per heavy atom. The maximum absolute atomic E-state index is 13.4. The number of amides is 1. The van der Waals surface area contributed by atoms with Crippen LogP contribution in [-0.2, 0) is 27.5 Å². The maximum atomic E-state index is 13.4. The molecule has 0 bridgehead atoms. The number of carbonyl (C=O) groups is 1. The Hall–Kier alpha value is -1.85. The summed E-state index contributed by atoms with van der Waals surface area (Å²) in [6.45, 7) is 0.481. The summed E-state index contributed by atoms with van der Waals surface area (Å²) < 4.78 is 12.3. The number of hydrogen-bond acceptors (Lipinski definition) is 4. The van der Waals surface area contributed by atoms with Crippen molar-refractivity contribution in [1.29, 1.82) is 0 Å². The molecule has 0 aromatic heterocycles. The van der Waals surface area contributed by atoms with E-state index in [0.29, 0.717) is 30.2 Å². The highest BCUT2D eigenvalue weighted by Crippen LogP contribution is 2.38. The Bertz CT molecular complexity index is 762. The first kappa shape index (κ1) is 23.3. The topological polar surface area (TPSA) is 59.0 Å². The molecule has 5 heteroatoms. The van der Waals surface area contributed by atoms with E-state index in [1.807, 2.05) is 36.2 Å². The molecule has 3 aliphatic rings. The number of carbonyl (C=O) groups excluding carboxylic acids is 1. The Labute approximate surface area is 192 Å². The molecule has 2 fully saturated rings. The summed E-state index contributed by atoms with van der Waals surface area (Å²) in [5.41, 5.74) is 1.93. The van der Waals surface area contributed by atoms with E-state index in [2.05, 4.69) is 6.08 Å². The van der Waals surface area contributed by atoms with Gasteiger partial charge >= 0.3 is 0 Å². The SMILES string of the molecule is CN(C(=O)C1=C[C@H](C2CCCCC2)C[C@H](OCc2ccc(CO)cc2)O1)C1CCCCC1. The Morgan fingerprint density at radius 3 is 2.28 bits per heavy atom. The Morgan fingerprint density at radius 1 is 1.00 bits per heavy atom. The van der Waals surface area contributed by atoms with E-state index in [1.54, 1.807) is 0 Å². The molecule has 1 aromatic carbocycles. The van der Waals surface area contributed by atoms with Gasteiger partial charge in [0.25, 0.3) is 5.91 Å². The number of benzene rings is 1. The minimum absolute atomic E-state index is 0.0123. The second-order valence-corrected chi connectivity index (χ2v) is 9.87. The zero-order chi connectivity index (χ0) is 22.3. The van der Waals surface area contributed by atoms with Crippen molar-refractivity contribution in [3.05, 3.63) is 47.2 Å². The second kappa shape index (κ2) is 11.3. The van der Waals surface area contributed by atoms with Crippen molar-refractivity contribution in [3.63, 3.8) is 0 Å². The Kier molecular flexibility index (Phi) is 8.26. The van der Waals surface area contributed by atoms with Crippen LogP contribution < -0.4 is 0 Å². The van der Waals surface area contributed by atoms with Gasteiger partial charge in [-0.05, 0) is 54.7 Å². The van der Waals surface area contributed by atoms with Gasteiger partial charge in [-0.2, -0.15) is 0 Å². The Balaban J connectivity index is 1.44. The van der Waals surface area contributed by atoms with Crippen LogP contribution in [0, 0.1) is 11.8 Å². The first-order valence-corrected chi connectivity index (χ1v) is 12.6. The van der Waals surface area contributed by atoms with Crippen LogP contribution in [0.15, 0.2) is 36.1 Å². The number of nitrogens with zero attached hydrogens (tertiary/aromatic N) is 1. The summed E-state index contributed by atoms with van der Waals surface area (Å²) in [4.78, 5) is 15.3. The van der Waals surface area contributed by atoms with Gasteiger partial charge in [0.1, 0.15) is 0 Å². The van der Waals surface area contributed by atoms with E-state index in [-0.39, 0.29) is 12.5 Å². The third-order valence-electron chi connectivity index (χ3n) is 7.64. The summed E-state index contributed by atoms with van der Waals surface area (Å²) in [6, 6.07) is 8.11. The standard InChI is InChI=1S/C27H39NO4/c1-28(24-10-6-3-7-11-24)27(30)25-16-23(22-8-4-2-5-9-22)17-26(32-25)31-19-21-14-12-20(18-29)13-15-21/h12-16,22-24,26,29H,2-11,17-19H2,1H3/t23-,26+/m0/s1. The molecule has 0 unspecified atom stereocenters. The molecule has 1 aromatic rings. The molecule has 2 aliphatic carbocycles. The molecule has 1 aliphatic heterocycles. The lowest BCUT2D eigenvalue weighted by atomic mass is 9.77. The summed E-state index contributed by atoms with van der Waals surface area (Å²) in [6.07, 6.45) is 14.7. The quantitative estimate of drug-likeness (QED) is 0.623. The molecule has 1 heterocycles. The van der Waals surface area contributed by atoms with Crippen molar-refractivity contribution in [3.8, 4) is 0 Å². The highest BCUT2D eigenvalue weighted by atomic mass is 16.7. The molecule has 0 saturated heterocycles. The zero-order valence-corrected chi connectivity index (χ0v) is 19.5. The largest absolute Gasteiger partial charge is 0.459 e. The van der Waals surface area contributed by atoms with E-state index in [4.69, 9.17) is 9.47 Å². The van der Waals surface area contributed by atoms with Gasteiger partial charge in [-0.25, -0.2) is 0 Å². The third-order valence-corrected chi connectivity index (χ3v) is 7.64. The normalized spacial score (nSPS) is 25.1. The van der Waals surface area contributed by atoms with Crippen molar-refractivity contribution in [1.82, 2.24) is 4.90 Å². The highest BCUT2D eigenvalue weighted by Gasteiger charge is 2.35. The fourth-order valence-electron chi connectivity index (χ4n) is 5.57. The number of rotatable bonds is 7. The fraction of sp³-hybridized carbons (Fsp3) is 0.667. The van der Waals surface area contributed by atoms with E-state index >= 15 is 0 Å². The first-order valence-electron chi connectivity index (χ1n) is 12.6. The molecule has 1 N–H and O–H groups in total. The summed E-state index contributed by atoms with van der Waals surface area (Å²) in [7, 11) is 1.94. The van der Waals surface area contributed by atoms with Gasteiger partial charge in [-0.1, -0.05) is 62.8 Å². The maximum Gasteiger partial charge on any atom is 0.288 e. The van der Waals surface area contributed by atoms with Crippen LogP contribution in [0.25, 0.3) is 0 Å². The fourth-order valence-corrected chi connectivity index (χ4v) is 5.57. The van der Waals surface area contributed by atoms with Crippen molar-refractivity contribution in [2.75, 3.05) is 7.05 Å². The predicted molar refractivity (Wildman–Crippen MR) is 124 cm³/mol. The molecule has 176 valence electrons. The van der Waals surface area contributed by atoms with Gasteiger partial charge in [0, 0.05) is 19.5 Å². The number of aliphatic hydroxyl groups is 1. The second-order valence-electron chi connectivity index (χ2n) is 9.87. The molecule has 5 nitrogen and oxygen atoms in total. The monoisotopic (exact) mass is 441 g/mol. The van der Waals surface area contributed by atoms with Crippen LogP contribution in [0.5, 0.6) is 0 Å². The van der Waals surface area contributed by atoms with Crippen molar-refractivity contribution in [2.45, 2.75) is 96.2 Å². The molecule has 32 heavy (non-hydrogen) atoms. The van der Waals surface area contributed by atoms with E-state index in [9.17, 15) is 9.90 Å². The smallest absolute Gasteiger partial charge is 0.288 e. The highest BCUT2D eigenvalue weighted by molar-refractivity contribution is 5.91. The summed E-state index contributed by atoms with van der Waals surface area (Å²) in [5.74, 6) is 1.45. The minimum Gasteiger partial charge on any atom is -0.459 e. The summed E-state index contributed by atoms with van der Waals surface area (Å²) >= 11 is 0. The molecule has 0 radical (unpaired) electrons. The van der Waals surface area contributed by atoms with E-state index in [1.165, 1.54) is 51.4 Å². The van der Waals surface area contributed by atoms with Gasteiger partial charge in [-0.15, -0.1) is 0 Å². The van der Waals surface area contributed by atoms with Gasteiger partial charge in [0.15, 0.2) is 5.76 Å². The van der Waals surface area contributed by atoms with E-state index < -0.39 is 6.29 Å². The lowest BCUT2D eigenvalue weighted by Gasteiger charge is -2.37. The number of aliphatic hydroxyl groups excluding tert-OH is 1. The molecular formula is C27H39NO4. The molecule has 2 atom stereocenters. The molecule has 1 amide bonds. The number of ether oxygens (including phenoxy) is 2. The van der Waals surface area contributed by atoms with Crippen molar-refractivity contribution in [2.24, 2.45) is 11.8 Å². The molecule has 2 saturated carbocycles. The molecular weight excluding hydrogens is 402 g/mol. The van der Waals surface area contributed by atoms with Crippen LogP contribution in [0.2, 0.25) is 0 Å². The van der Waals surface area contributed by atoms with Gasteiger partial charge in [-0.3, -0.25) is 4.79 Å². The van der Waals surface area contributed by atoms with Crippen molar-refractivity contribution >= 4 is 5.91 Å². The van der Waals surface area contributed by atoms with E-state index in [0.717, 1.165) is 30.4 Å². The van der Waals surface area contributed by atoms with Crippen LogP contribution >= 0.6 is 0 Å². The van der Waals surface area contributed by atoms with Crippen LogP contribution in [0.4, 0.5) is 0 Å². The van der Waals surface area contributed by atoms with Crippen LogP contribution in [0.3, 0.4) is 0 Å². The molecule has 4 rings (SSSR count). The lowest BCUT2D eigenvalue weighted by Crippen LogP contribution is -2.41.